The van der Waals surface area contributed by atoms with E-state index < -0.39 is 5.97 Å². The van der Waals surface area contributed by atoms with Gasteiger partial charge in [0.2, 0.25) is 0 Å². The van der Waals surface area contributed by atoms with Crippen molar-refractivity contribution >= 4 is 17.0 Å². The van der Waals surface area contributed by atoms with Crippen LogP contribution in [0.5, 0.6) is 0 Å². The van der Waals surface area contributed by atoms with Crippen LogP contribution in [0.4, 0.5) is 0 Å². The van der Waals surface area contributed by atoms with Gasteiger partial charge in [0.25, 0.3) is 0 Å². The van der Waals surface area contributed by atoms with E-state index in [4.69, 9.17) is 0 Å². The molecule has 0 fully saturated rings. The Balaban J connectivity index is 2.19. The van der Waals surface area contributed by atoms with E-state index in [1.807, 2.05) is 19.1 Å². The van der Waals surface area contributed by atoms with E-state index >= 15 is 0 Å². The topological polar surface area (TPSA) is 96.7 Å². The first-order valence-electron chi connectivity index (χ1n) is 5.81. The first-order valence-corrected chi connectivity index (χ1v) is 5.81. The number of aromatic nitrogens is 5. The van der Waals surface area contributed by atoms with Crippen LogP contribution in [0.15, 0.2) is 24.5 Å². The van der Waals surface area contributed by atoms with Crippen LogP contribution in [0.2, 0.25) is 0 Å². The normalized spacial score (nSPS) is 11.0. The van der Waals surface area contributed by atoms with Crippen molar-refractivity contribution in [1.29, 1.82) is 0 Å². The van der Waals surface area contributed by atoms with E-state index in [2.05, 4.69) is 20.2 Å². The van der Waals surface area contributed by atoms with Gasteiger partial charge in [-0.2, -0.15) is 9.90 Å². The molecule has 3 rings (SSSR count). The van der Waals surface area contributed by atoms with Gasteiger partial charge in [-0.05, 0) is 19.1 Å². The summed E-state index contributed by atoms with van der Waals surface area (Å²) in [4.78, 5) is 19.7. The summed E-state index contributed by atoms with van der Waals surface area (Å²) in [5.74, 6) is -1.08. The van der Waals surface area contributed by atoms with E-state index in [0.717, 1.165) is 11.0 Å². The lowest BCUT2D eigenvalue weighted by molar-refractivity contribution is 0.0690. The number of carboxylic acids is 1. The number of fused-ring (bicyclic) bond motifs is 1. The van der Waals surface area contributed by atoms with Crippen molar-refractivity contribution in [1.82, 2.24) is 25.0 Å². The molecule has 0 aliphatic rings. The molecule has 96 valence electrons. The molecular formula is C12H11N5O2. The van der Waals surface area contributed by atoms with Gasteiger partial charge in [0.1, 0.15) is 5.69 Å². The van der Waals surface area contributed by atoms with Crippen LogP contribution >= 0.6 is 0 Å². The van der Waals surface area contributed by atoms with Crippen molar-refractivity contribution in [2.75, 3.05) is 0 Å². The molecule has 2 N–H and O–H groups in total. The molecule has 1 aromatic carbocycles. The monoisotopic (exact) mass is 257 g/mol. The number of hydrogen-bond acceptors (Lipinski definition) is 4. The van der Waals surface area contributed by atoms with Gasteiger partial charge in [-0.15, -0.1) is 5.10 Å². The fraction of sp³-hybridized carbons (Fsp3) is 0.167. The molecule has 2 heterocycles. The maximum atomic E-state index is 11.2. The summed E-state index contributed by atoms with van der Waals surface area (Å²) in [7, 11) is 0. The Bertz CT molecular complexity index is 758. The van der Waals surface area contributed by atoms with Crippen molar-refractivity contribution < 1.29 is 9.90 Å². The smallest absolute Gasteiger partial charge is 0.358 e. The number of carbonyl (C=O) groups is 1. The zero-order chi connectivity index (χ0) is 13.4. The van der Waals surface area contributed by atoms with Crippen molar-refractivity contribution in [2.24, 2.45) is 0 Å². The van der Waals surface area contributed by atoms with Crippen molar-refractivity contribution in [3.05, 3.63) is 30.2 Å². The number of aryl methyl sites for hydroxylation is 1. The standard InChI is InChI=1S/C12H11N5O2/c1-2-17-15-10(11(16-17)12(18)19)7-3-4-8-9(5-7)14-6-13-8/h3-6H,2H2,1H3,(H,13,14)(H,18,19). The van der Waals surface area contributed by atoms with Crippen molar-refractivity contribution in [3.63, 3.8) is 0 Å². The number of benzene rings is 1. The maximum absolute atomic E-state index is 11.2. The largest absolute Gasteiger partial charge is 0.476 e. The highest BCUT2D eigenvalue weighted by Gasteiger charge is 2.19. The molecular weight excluding hydrogens is 246 g/mol. The third-order valence-corrected chi connectivity index (χ3v) is 2.83. The first kappa shape index (κ1) is 11.4. The number of carboxylic acid groups (broad SMARTS) is 1. The summed E-state index contributed by atoms with van der Waals surface area (Å²) in [5.41, 5.74) is 2.68. The van der Waals surface area contributed by atoms with E-state index in [-0.39, 0.29) is 5.69 Å². The third-order valence-electron chi connectivity index (χ3n) is 2.83. The quantitative estimate of drug-likeness (QED) is 0.741. The highest BCUT2D eigenvalue weighted by molar-refractivity contribution is 5.93. The third kappa shape index (κ3) is 1.85. The van der Waals surface area contributed by atoms with Gasteiger partial charge in [-0.25, -0.2) is 9.78 Å². The molecule has 0 saturated heterocycles. The first-order chi connectivity index (χ1) is 9.19. The number of rotatable bonds is 3. The SMILES string of the molecule is CCn1nc(C(=O)O)c(-c2ccc3nc[nH]c3c2)n1. The molecule has 0 unspecified atom stereocenters. The molecule has 0 aliphatic carbocycles. The molecule has 0 bridgehead atoms. The number of H-pyrrole nitrogens is 1. The van der Waals surface area contributed by atoms with Crippen LogP contribution in [0.25, 0.3) is 22.3 Å². The molecule has 0 radical (unpaired) electrons. The average Bonchev–Trinajstić information content (AvgIpc) is 3.04. The lowest BCUT2D eigenvalue weighted by Gasteiger charge is -1.97. The molecule has 0 atom stereocenters. The molecule has 0 saturated carbocycles. The van der Waals surface area contributed by atoms with Crippen LogP contribution in [-0.4, -0.2) is 36.0 Å². The second-order valence-corrected chi connectivity index (χ2v) is 4.03. The molecule has 7 heteroatoms. The maximum Gasteiger partial charge on any atom is 0.358 e. The zero-order valence-corrected chi connectivity index (χ0v) is 10.2. The number of nitrogens with zero attached hydrogens (tertiary/aromatic N) is 4. The molecule has 0 aliphatic heterocycles. The van der Waals surface area contributed by atoms with Gasteiger partial charge in [-0.3, -0.25) is 0 Å². The summed E-state index contributed by atoms with van der Waals surface area (Å²) >= 11 is 0. The number of aromatic carboxylic acids is 1. The molecule has 2 aromatic heterocycles. The van der Waals surface area contributed by atoms with E-state index in [1.54, 1.807) is 12.4 Å². The Morgan fingerprint density at radius 2 is 2.26 bits per heavy atom. The lowest BCUT2D eigenvalue weighted by atomic mass is 10.1. The van der Waals surface area contributed by atoms with Gasteiger partial charge in [0, 0.05) is 5.56 Å². The molecule has 3 aromatic rings. The summed E-state index contributed by atoms with van der Waals surface area (Å²) in [6.07, 6.45) is 1.59. The number of hydrogen-bond donors (Lipinski definition) is 2. The zero-order valence-electron chi connectivity index (χ0n) is 10.2. The van der Waals surface area contributed by atoms with E-state index in [9.17, 15) is 9.90 Å². The summed E-state index contributed by atoms with van der Waals surface area (Å²) in [6, 6.07) is 5.43. The Hall–Kier alpha value is -2.70. The minimum Gasteiger partial charge on any atom is -0.476 e. The second-order valence-electron chi connectivity index (χ2n) is 4.03. The predicted molar refractivity (Wildman–Crippen MR) is 67.7 cm³/mol. The minimum absolute atomic E-state index is 0.0410. The van der Waals surface area contributed by atoms with Gasteiger partial charge < -0.3 is 10.1 Å². The molecule has 7 nitrogen and oxygen atoms in total. The number of imidazole rings is 1. The van der Waals surface area contributed by atoms with E-state index in [0.29, 0.717) is 17.8 Å². The van der Waals surface area contributed by atoms with Crippen molar-refractivity contribution in [3.8, 4) is 11.3 Å². The van der Waals surface area contributed by atoms with Crippen LogP contribution < -0.4 is 0 Å². The highest BCUT2D eigenvalue weighted by atomic mass is 16.4. The summed E-state index contributed by atoms with van der Waals surface area (Å²) < 4.78 is 0. The highest BCUT2D eigenvalue weighted by Crippen LogP contribution is 2.23. The molecule has 0 amide bonds. The lowest BCUT2D eigenvalue weighted by Crippen LogP contribution is -2.02. The van der Waals surface area contributed by atoms with Crippen LogP contribution in [0.3, 0.4) is 0 Å². The Morgan fingerprint density at radius 1 is 1.42 bits per heavy atom. The Kier molecular flexibility index (Phi) is 2.52. The van der Waals surface area contributed by atoms with Gasteiger partial charge in [0.05, 0.1) is 23.9 Å². The predicted octanol–water partition coefficient (Wildman–Crippen LogP) is 1.54. The van der Waals surface area contributed by atoms with Gasteiger partial charge in [0.15, 0.2) is 5.69 Å². The molecule has 0 spiro atoms. The Morgan fingerprint density at radius 3 is 3.00 bits per heavy atom. The van der Waals surface area contributed by atoms with Gasteiger partial charge in [-0.1, -0.05) is 6.07 Å². The molecule has 19 heavy (non-hydrogen) atoms. The van der Waals surface area contributed by atoms with Crippen molar-refractivity contribution in [2.45, 2.75) is 13.5 Å². The second kappa shape index (κ2) is 4.20. The Labute approximate surface area is 107 Å². The van der Waals surface area contributed by atoms with Gasteiger partial charge >= 0.3 is 5.97 Å². The fourth-order valence-electron chi connectivity index (χ4n) is 1.91. The number of aromatic amines is 1. The fourth-order valence-corrected chi connectivity index (χ4v) is 1.91. The summed E-state index contributed by atoms with van der Waals surface area (Å²) in [6.45, 7) is 2.38. The van der Waals surface area contributed by atoms with Crippen LogP contribution in [0.1, 0.15) is 17.4 Å². The number of nitrogens with one attached hydrogen (secondary N) is 1. The van der Waals surface area contributed by atoms with E-state index in [1.165, 1.54) is 4.80 Å². The van der Waals surface area contributed by atoms with Crippen LogP contribution in [-0.2, 0) is 6.54 Å². The van der Waals surface area contributed by atoms with Crippen LogP contribution in [0, 0.1) is 0 Å². The summed E-state index contributed by atoms with van der Waals surface area (Å²) in [5, 5.41) is 17.3. The average molecular weight is 257 g/mol. The minimum atomic E-state index is -1.08.